The lowest BCUT2D eigenvalue weighted by Crippen LogP contribution is -2.12. The molecule has 24 heavy (non-hydrogen) atoms. The number of amides is 1. The third kappa shape index (κ3) is 4.45. The number of anilines is 1. The number of nitrogens with one attached hydrogen (secondary N) is 1. The standard InChI is InChI=1S/C15H13BrN4O3S/c1-9-7-12(20-23-9)17-13(21)5-6-24-15-19-18-14(22-15)10-3-2-4-11(16)8-10/h2-4,7-8H,5-6H2,1H3,(H,17,20,21). The molecule has 1 amide bonds. The van der Waals surface area contributed by atoms with Crippen molar-refractivity contribution < 1.29 is 13.7 Å². The van der Waals surface area contributed by atoms with Crippen LogP contribution in [0.4, 0.5) is 5.82 Å². The second-order valence-corrected chi connectivity index (χ2v) is 6.81. The molecule has 0 unspecified atom stereocenters. The fourth-order valence-corrected chi connectivity index (χ4v) is 2.97. The maximum atomic E-state index is 11.8. The summed E-state index contributed by atoms with van der Waals surface area (Å²) >= 11 is 4.73. The first-order chi connectivity index (χ1) is 11.6. The Hall–Kier alpha value is -2.13. The summed E-state index contributed by atoms with van der Waals surface area (Å²) in [6, 6.07) is 9.26. The summed E-state index contributed by atoms with van der Waals surface area (Å²) in [7, 11) is 0. The third-order valence-electron chi connectivity index (χ3n) is 2.93. The fraction of sp³-hybridized carbons (Fsp3) is 0.200. The number of aryl methyl sites for hydroxylation is 1. The second kappa shape index (κ2) is 7.63. The summed E-state index contributed by atoms with van der Waals surface area (Å²) in [5.74, 6) is 1.87. The van der Waals surface area contributed by atoms with E-state index in [2.05, 4.69) is 36.6 Å². The monoisotopic (exact) mass is 408 g/mol. The Morgan fingerprint density at radius 1 is 1.33 bits per heavy atom. The maximum absolute atomic E-state index is 11.8. The molecule has 0 spiro atoms. The van der Waals surface area contributed by atoms with E-state index in [4.69, 9.17) is 8.94 Å². The first-order valence-corrected chi connectivity index (χ1v) is 8.83. The van der Waals surface area contributed by atoms with E-state index in [1.54, 1.807) is 13.0 Å². The van der Waals surface area contributed by atoms with Crippen LogP contribution in [-0.2, 0) is 4.79 Å². The van der Waals surface area contributed by atoms with Gasteiger partial charge in [0.2, 0.25) is 11.8 Å². The van der Waals surface area contributed by atoms with Gasteiger partial charge >= 0.3 is 0 Å². The SMILES string of the molecule is Cc1cc(NC(=O)CCSc2nnc(-c3cccc(Br)c3)o2)no1. The van der Waals surface area contributed by atoms with E-state index in [0.717, 1.165) is 10.0 Å². The van der Waals surface area contributed by atoms with Gasteiger partial charge in [-0.15, -0.1) is 10.2 Å². The molecule has 2 aromatic heterocycles. The first kappa shape index (κ1) is 16.7. The molecule has 0 fully saturated rings. The number of aromatic nitrogens is 3. The maximum Gasteiger partial charge on any atom is 0.276 e. The van der Waals surface area contributed by atoms with Crippen molar-refractivity contribution >= 4 is 39.4 Å². The summed E-state index contributed by atoms with van der Waals surface area (Å²) in [4.78, 5) is 11.8. The number of thioether (sulfide) groups is 1. The average Bonchev–Trinajstić information content (AvgIpc) is 3.17. The van der Waals surface area contributed by atoms with Gasteiger partial charge in [0.1, 0.15) is 5.76 Å². The number of hydrogen-bond acceptors (Lipinski definition) is 7. The number of halogens is 1. The molecule has 0 saturated carbocycles. The average molecular weight is 409 g/mol. The molecule has 0 radical (unpaired) electrons. The van der Waals surface area contributed by atoms with Crippen LogP contribution in [0.2, 0.25) is 0 Å². The van der Waals surface area contributed by atoms with E-state index in [9.17, 15) is 4.79 Å². The minimum Gasteiger partial charge on any atom is -0.411 e. The van der Waals surface area contributed by atoms with Crippen molar-refractivity contribution in [3.63, 3.8) is 0 Å². The first-order valence-electron chi connectivity index (χ1n) is 7.05. The van der Waals surface area contributed by atoms with Crippen LogP contribution in [0.3, 0.4) is 0 Å². The largest absolute Gasteiger partial charge is 0.411 e. The highest BCUT2D eigenvalue weighted by Gasteiger charge is 2.11. The van der Waals surface area contributed by atoms with Crippen molar-refractivity contribution in [2.24, 2.45) is 0 Å². The van der Waals surface area contributed by atoms with E-state index in [0.29, 0.717) is 34.9 Å². The minimum absolute atomic E-state index is 0.150. The highest BCUT2D eigenvalue weighted by atomic mass is 79.9. The Kier molecular flexibility index (Phi) is 5.31. The molecule has 3 aromatic rings. The van der Waals surface area contributed by atoms with Gasteiger partial charge in [0, 0.05) is 28.3 Å². The second-order valence-electron chi connectivity index (χ2n) is 4.85. The summed E-state index contributed by atoms with van der Waals surface area (Å²) in [6.07, 6.45) is 0.297. The van der Waals surface area contributed by atoms with Crippen LogP contribution < -0.4 is 5.32 Å². The summed E-state index contributed by atoms with van der Waals surface area (Å²) in [5.41, 5.74) is 0.836. The van der Waals surface area contributed by atoms with Crippen LogP contribution in [0.1, 0.15) is 12.2 Å². The van der Waals surface area contributed by atoms with Crippen LogP contribution in [0, 0.1) is 6.92 Å². The van der Waals surface area contributed by atoms with Gasteiger partial charge in [-0.1, -0.05) is 38.9 Å². The molecule has 0 atom stereocenters. The Bertz CT molecular complexity index is 849. The van der Waals surface area contributed by atoms with Crippen molar-refractivity contribution in [1.82, 2.24) is 15.4 Å². The molecular weight excluding hydrogens is 396 g/mol. The van der Waals surface area contributed by atoms with Crippen LogP contribution in [0.15, 0.2) is 49.0 Å². The normalized spacial score (nSPS) is 10.8. The molecule has 1 aromatic carbocycles. The number of carbonyl (C=O) groups excluding carboxylic acids is 1. The fourth-order valence-electron chi connectivity index (χ4n) is 1.87. The molecule has 7 nitrogen and oxygen atoms in total. The van der Waals surface area contributed by atoms with Crippen molar-refractivity contribution in [2.75, 3.05) is 11.1 Å². The zero-order valence-corrected chi connectivity index (χ0v) is 15.1. The molecule has 9 heteroatoms. The molecule has 0 aliphatic heterocycles. The summed E-state index contributed by atoms with van der Waals surface area (Å²) in [6.45, 7) is 1.76. The van der Waals surface area contributed by atoms with Gasteiger partial charge in [-0.25, -0.2) is 0 Å². The summed E-state index contributed by atoms with van der Waals surface area (Å²) in [5, 5.41) is 14.8. The van der Waals surface area contributed by atoms with E-state index >= 15 is 0 Å². The van der Waals surface area contributed by atoms with Crippen LogP contribution in [0.5, 0.6) is 0 Å². The van der Waals surface area contributed by atoms with Crippen molar-refractivity contribution in [3.05, 3.63) is 40.6 Å². The molecule has 124 valence electrons. The molecule has 0 saturated heterocycles. The van der Waals surface area contributed by atoms with Crippen LogP contribution in [0.25, 0.3) is 11.5 Å². The highest BCUT2D eigenvalue weighted by molar-refractivity contribution is 9.10. The number of rotatable bonds is 6. The van der Waals surface area contributed by atoms with Gasteiger partial charge in [0.15, 0.2) is 5.82 Å². The van der Waals surface area contributed by atoms with Crippen LogP contribution in [-0.4, -0.2) is 27.0 Å². The molecule has 3 rings (SSSR count). The third-order valence-corrected chi connectivity index (χ3v) is 4.24. The van der Waals surface area contributed by atoms with E-state index in [-0.39, 0.29) is 5.91 Å². The Morgan fingerprint density at radius 2 is 2.21 bits per heavy atom. The number of nitrogens with zero attached hydrogens (tertiary/aromatic N) is 3. The quantitative estimate of drug-likeness (QED) is 0.617. The lowest BCUT2D eigenvalue weighted by atomic mass is 10.2. The minimum atomic E-state index is -0.150. The lowest BCUT2D eigenvalue weighted by Gasteiger charge is -1.99. The topological polar surface area (TPSA) is 94.1 Å². The molecule has 1 N–H and O–H groups in total. The van der Waals surface area contributed by atoms with E-state index in [1.165, 1.54) is 11.8 Å². The van der Waals surface area contributed by atoms with Gasteiger partial charge in [-0.05, 0) is 25.1 Å². The molecule has 2 heterocycles. The van der Waals surface area contributed by atoms with Gasteiger partial charge < -0.3 is 14.3 Å². The van der Waals surface area contributed by atoms with Crippen LogP contribution >= 0.6 is 27.7 Å². The zero-order valence-electron chi connectivity index (χ0n) is 12.7. The number of benzene rings is 1. The molecule has 0 bridgehead atoms. The molecule has 0 aliphatic carbocycles. The van der Waals surface area contributed by atoms with Gasteiger partial charge in [0.05, 0.1) is 0 Å². The van der Waals surface area contributed by atoms with Gasteiger partial charge in [-0.2, -0.15) is 0 Å². The lowest BCUT2D eigenvalue weighted by molar-refractivity contribution is -0.115. The van der Waals surface area contributed by atoms with E-state index in [1.807, 2.05) is 24.3 Å². The number of hydrogen-bond donors (Lipinski definition) is 1. The summed E-state index contributed by atoms with van der Waals surface area (Å²) < 4.78 is 11.4. The Balaban J connectivity index is 1.49. The molecular formula is C15H13BrN4O3S. The smallest absolute Gasteiger partial charge is 0.276 e. The highest BCUT2D eigenvalue weighted by Crippen LogP contribution is 2.25. The van der Waals surface area contributed by atoms with Crippen molar-refractivity contribution in [3.8, 4) is 11.5 Å². The Morgan fingerprint density at radius 3 is 2.96 bits per heavy atom. The zero-order chi connectivity index (χ0) is 16.9. The van der Waals surface area contributed by atoms with E-state index < -0.39 is 0 Å². The Labute approximate surface area is 150 Å². The number of carbonyl (C=O) groups is 1. The molecule has 0 aliphatic rings. The van der Waals surface area contributed by atoms with Crippen molar-refractivity contribution in [1.29, 1.82) is 0 Å². The van der Waals surface area contributed by atoms with Crippen molar-refractivity contribution in [2.45, 2.75) is 18.6 Å². The van der Waals surface area contributed by atoms with Gasteiger partial charge in [0.25, 0.3) is 5.22 Å². The predicted octanol–water partition coefficient (Wildman–Crippen LogP) is 3.92. The van der Waals surface area contributed by atoms with Gasteiger partial charge in [-0.3, -0.25) is 4.79 Å². The predicted molar refractivity (Wildman–Crippen MR) is 92.6 cm³/mol.